The summed E-state index contributed by atoms with van der Waals surface area (Å²) in [6.45, 7) is 2.69. The van der Waals surface area contributed by atoms with Crippen molar-refractivity contribution in [2.45, 2.75) is 13.5 Å². The maximum absolute atomic E-state index is 12.8. The Balaban J connectivity index is 2.50. The van der Waals surface area contributed by atoms with Gasteiger partial charge in [-0.05, 0) is 25.1 Å². The second-order valence-corrected chi connectivity index (χ2v) is 5.24. The van der Waals surface area contributed by atoms with Gasteiger partial charge in [0.05, 0.1) is 11.1 Å². The van der Waals surface area contributed by atoms with Gasteiger partial charge in [0.2, 0.25) is 0 Å². The van der Waals surface area contributed by atoms with Crippen molar-refractivity contribution in [2.75, 3.05) is 5.73 Å². The van der Waals surface area contributed by atoms with Gasteiger partial charge in [-0.1, -0.05) is 41.9 Å². The lowest BCUT2D eigenvalue weighted by Gasteiger charge is -2.16. The maximum Gasteiger partial charge on any atom is 0.199 e. The first kappa shape index (κ1) is 13.7. The average Bonchev–Trinajstić information content (AvgIpc) is 2.50. The van der Waals surface area contributed by atoms with Gasteiger partial charge in [0.1, 0.15) is 5.82 Å². The molecule has 0 radical (unpaired) electrons. The maximum atomic E-state index is 12.8. The highest BCUT2D eigenvalue weighted by Crippen LogP contribution is 2.31. The topological polar surface area (TPSA) is 48.0 Å². The Morgan fingerprint density at radius 1 is 1.10 bits per heavy atom. The van der Waals surface area contributed by atoms with E-state index in [1.165, 1.54) is 0 Å². The summed E-state index contributed by atoms with van der Waals surface area (Å²) in [6.07, 6.45) is 0. The zero-order chi connectivity index (χ0) is 15.0. The Hall–Kier alpha value is -2.26. The summed E-state index contributed by atoms with van der Waals surface area (Å²) in [5.74, 6) is 0.453. The molecule has 0 saturated carbocycles. The molecule has 4 heteroatoms. The lowest BCUT2D eigenvalue weighted by atomic mass is 10.0. The molecule has 3 aromatic rings. The van der Waals surface area contributed by atoms with E-state index in [0.717, 1.165) is 5.52 Å². The van der Waals surface area contributed by atoms with Crippen LogP contribution in [-0.4, -0.2) is 4.57 Å². The van der Waals surface area contributed by atoms with Crippen LogP contribution in [0.3, 0.4) is 0 Å². The summed E-state index contributed by atoms with van der Waals surface area (Å²) in [5.41, 5.74) is 8.18. The molecule has 0 bridgehead atoms. The number of halogens is 1. The van der Waals surface area contributed by atoms with Crippen molar-refractivity contribution >= 4 is 28.3 Å². The van der Waals surface area contributed by atoms with Crippen molar-refractivity contribution < 1.29 is 0 Å². The quantitative estimate of drug-likeness (QED) is 0.779. The number of benzene rings is 2. The Morgan fingerprint density at radius 3 is 2.48 bits per heavy atom. The largest absolute Gasteiger partial charge is 0.384 e. The summed E-state index contributed by atoms with van der Waals surface area (Å²) >= 11 is 6.25. The highest BCUT2D eigenvalue weighted by molar-refractivity contribution is 6.33. The van der Waals surface area contributed by atoms with Crippen LogP contribution in [0.5, 0.6) is 0 Å². The van der Waals surface area contributed by atoms with Crippen LogP contribution in [-0.2, 0) is 6.54 Å². The Bertz CT molecular complexity index is 884. The summed E-state index contributed by atoms with van der Waals surface area (Å²) in [6, 6.07) is 14.8. The predicted molar refractivity (Wildman–Crippen MR) is 88.7 cm³/mol. The van der Waals surface area contributed by atoms with Crippen molar-refractivity contribution in [3.05, 3.63) is 63.8 Å². The molecule has 0 aliphatic rings. The number of hydrogen-bond donors (Lipinski definition) is 1. The fourth-order valence-corrected chi connectivity index (χ4v) is 2.91. The van der Waals surface area contributed by atoms with Gasteiger partial charge >= 0.3 is 0 Å². The van der Waals surface area contributed by atoms with E-state index in [1.807, 2.05) is 54.0 Å². The van der Waals surface area contributed by atoms with Gasteiger partial charge in [-0.25, -0.2) is 0 Å². The van der Waals surface area contributed by atoms with Crippen LogP contribution < -0.4 is 11.2 Å². The molecule has 0 saturated heterocycles. The lowest BCUT2D eigenvalue weighted by molar-refractivity contribution is 0.801. The summed E-state index contributed by atoms with van der Waals surface area (Å²) in [7, 11) is 0. The van der Waals surface area contributed by atoms with Gasteiger partial charge in [0.25, 0.3) is 0 Å². The molecule has 0 aliphatic carbocycles. The minimum absolute atomic E-state index is 0.0825. The van der Waals surface area contributed by atoms with E-state index >= 15 is 0 Å². The first-order valence-corrected chi connectivity index (χ1v) is 7.18. The minimum Gasteiger partial charge on any atom is -0.384 e. The van der Waals surface area contributed by atoms with Crippen LogP contribution in [0.1, 0.15) is 6.92 Å². The van der Waals surface area contributed by atoms with Crippen molar-refractivity contribution in [1.29, 1.82) is 0 Å². The molecule has 106 valence electrons. The van der Waals surface area contributed by atoms with Crippen molar-refractivity contribution in [2.24, 2.45) is 0 Å². The number of nitrogens with zero attached hydrogens (tertiary/aromatic N) is 1. The number of nitrogen functional groups attached to an aromatic ring is 1. The molecule has 0 unspecified atom stereocenters. The molecular weight excluding hydrogens is 284 g/mol. The molecule has 3 rings (SSSR count). The second kappa shape index (κ2) is 5.26. The summed E-state index contributed by atoms with van der Waals surface area (Å²) < 4.78 is 1.94. The van der Waals surface area contributed by atoms with E-state index in [-0.39, 0.29) is 5.43 Å². The number of anilines is 1. The fourth-order valence-electron chi connectivity index (χ4n) is 2.68. The molecule has 0 aliphatic heterocycles. The van der Waals surface area contributed by atoms with E-state index in [1.54, 1.807) is 6.07 Å². The highest BCUT2D eigenvalue weighted by Gasteiger charge is 2.17. The first-order valence-electron chi connectivity index (χ1n) is 6.81. The molecule has 2 N–H and O–H groups in total. The number of nitrogens with two attached hydrogens (primary N) is 1. The monoisotopic (exact) mass is 298 g/mol. The fraction of sp³-hybridized carbons (Fsp3) is 0.118. The number of pyridine rings is 1. The predicted octanol–water partition coefficient (Wildman–Crippen LogP) is 3.92. The second-order valence-electron chi connectivity index (χ2n) is 4.83. The molecule has 0 fully saturated rings. The molecule has 1 aromatic heterocycles. The lowest BCUT2D eigenvalue weighted by Crippen LogP contribution is -2.17. The van der Waals surface area contributed by atoms with Crippen LogP contribution in [0.25, 0.3) is 22.0 Å². The van der Waals surface area contributed by atoms with Gasteiger partial charge in [0, 0.05) is 22.5 Å². The Morgan fingerprint density at radius 2 is 1.76 bits per heavy atom. The molecule has 21 heavy (non-hydrogen) atoms. The smallest absolute Gasteiger partial charge is 0.199 e. The average molecular weight is 299 g/mol. The molecule has 0 spiro atoms. The molecular formula is C17H15ClN2O. The van der Waals surface area contributed by atoms with Gasteiger partial charge in [-0.3, -0.25) is 4.79 Å². The SMILES string of the molecule is CCn1c(N)c(-c2ccccc2Cl)c(=O)c2ccccc21. The highest BCUT2D eigenvalue weighted by atomic mass is 35.5. The van der Waals surface area contributed by atoms with Gasteiger partial charge in [0.15, 0.2) is 5.43 Å². The van der Waals surface area contributed by atoms with Crippen LogP contribution in [0.15, 0.2) is 53.3 Å². The van der Waals surface area contributed by atoms with Gasteiger partial charge in [-0.2, -0.15) is 0 Å². The number of aromatic nitrogens is 1. The molecule has 1 heterocycles. The van der Waals surface area contributed by atoms with Crippen LogP contribution in [0.4, 0.5) is 5.82 Å². The Labute approximate surface area is 127 Å². The molecule has 0 atom stereocenters. The molecule has 0 amide bonds. The van der Waals surface area contributed by atoms with Crippen molar-refractivity contribution in [1.82, 2.24) is 4.57 Å². The van der Waals surface area contributed by atoms with E-state index in [2.05, 4.69) is 0 Å². The minimum atomic E-state index is -0.0825. The van der Waals surface area contributed by atoms with Crippen molar-refractivity contribution in [3.8, 4) is 11.1 Å². The normalized spacial score (nSPS) is 11.0. The molecule has 3 nitrogen and oxygen atoms in total. The zero-order valence-electron chi connectivity index (χ0n) is 11.6. The number of aryl methyl sites for hydroxylation is 1. The standard InChI is InChI=1S/C17H15ClN2O/c1-2-20-14-10-6-4-8-12(14)16(21)15(17(20)19)11-7-3-5-9-13(11)18/h3-10H,2,19H2,1H3. The van der Waals surface area contributed by atoms with E-state index in [4.69, 9.17) is 17.3 Å². The number of para-hydroxylation sites is 1. The molecule has 2 aromatic carbocycles. The number of fused-ring (bicyclic) bond motifs is 1. The van der Waals surface area contributed by atoms with Gasteiger partial charge in [-0.15, -0.1) is 0 Å². The third kappa shape index (κ3) is 2.10. The van der Waals surface area contributed by atoms with E-state index in [9.17, 15) is 4.79 Å². The van der Waals surface area contributed by atoms with Crippen LogP contribution in [0.2, 0.25) is 5.02 Å². The first-order chi connectivity index (χ1) is 10.1. The third-order valence-electron chi connectivity index (χ3n) is 3.67. The summed E-state index contributed by atoms with van der Waals surface area (Å²) in [4.78, 5) is 12.8. The number of hydrogen-bond acceptors (Lipinski definition) is 2. The zero-order valence-corrected chi connectivity index (χ0v) is 12.4. The Kier molecular flexibility index (Phi) is 3.43. The summed E-state index contributed by atoms with van der Waals surface area (Å²) in [5, 5.41) is 1.18. The van der Waals surface area contributed by atoms with Crippen LogP contribution in [0, 0.1) is 0 Å². The van der Waals surface area contributed by atoms with Gasteiger partial charge < -0.3 is 10.3 Å². The van der Waals surface area contributed by atoms with Crippen LogP contribution >= 0.6 is 11.6 Å². The van der Waals surface area contributed by atoms with Crippen molar-refractivity contribution in [3.63, 3.8) is 0 Å². The van der Waals surface area contributed by atoms with E-state index in [0.29, 0.717) is 33.9 Å². The third-order valence-corrected chi connectivity index (χ3v) is 4.00. The van der Waals surface area contributed by atoms with E-state index < -0.39 is 0 Å². The number of rotatable bonds is 2.